The molecule has 0 saturated heterocycles. The second-order valence-electron chi connectivity index (χ2n) is 4.29. The molecule has 0 unspecified atom stereocenters. The van der Waals surface area contributed by atoms with Crippen molar-refractivity contribution in [2.75, 3.05) is 14.2 Å². The van der Waals surface area contributed by atoms with Crippen LogP contribution >= 0.6 is 11.6 Å². The van der Waals surface area contributed by atoms with Crippen LogP contribution in [0.5, 0.6) is 11.5 Å². The number of benzene rings is 2. The molecule has 0 aromatic heterocycles. The van der Waals surface area contributed by atoms with Gasteiger partial charge in [-0.3, -0.25) is 0 Å². The number of methoxy groups -OCH3 is 2. The number of hydrogen-bond acceptors (Lipinski definition) is 2. The van der Waals surface area contributed by atoms with E-state index in [1.54, 1.807) is 20.3 Å². The van der Waals surface area contributed by atoms with Crippen LogP contribution in [0.25, 0.3) is 17.2 Å². The Morgan fingerprint density at radius 3 is 2.20 bits per heavy atom. The van der Waals surface area contributed by atoms with Crippen molar-refractivity contribution in [1.29, 1.82) is 0 Å². The van der Waals surface area contributed by atoms with Gasteiger partial charge in [-0.2, -0.15) is 0 Å². The van der Waals surface area contributed by atoms with Crippen molar-refractivity contribution < 1.29 is 9.47 Å². The van der Waals surface area contributed by atoms with Crippen LogP contribution in [0, 0.1) is 0 Å². The van der Waals surface area contributed by atoms with Crippen LogP contribution in [0.1, 0.15) is 11.1 Å². The average Bonchev–Trinajstić information content (AvgIpc) is 2.53. The lowest BCUT2D eigenvalue weighted by Gasteiger charge is -2.14. The number of rotatable bonds is 5. The number of halogens is 1. The Morgan fingerprint density at radius 1 is 1.10 bits per heavy atom. The molecule has 2 aromatic rings. The van der Waals surface area contributed by atoms with Gasteiger partial charge < -0.3 is 9.47 Å². The molecule has 104 valence electrons. The number of hydrogen-bond donors (Lipinski definition) is 0. The second-order valence-corrected chi connectivity index (χ2v) is 4.56. The first kappa shape index (κ1) is 14.5. The van der Waals surface area contributed by atoms with Crippen molar-refractivity contribution in [2.24, 2.45) is 0 Å². The summed E-state index contributed by atoms with van der Waals surface area (Å²) in [4.78, 5) is 0. The van der Waals surface area contributed by atoms with Gasteiger partial charge in [0.05, 0.1) is 19.8 Å². The summed E-state index contributed by atoms with van der Waals surface area (Å²) in [5, 5.41) is 0. The highest BCUT2D eigenvalue weighted by atomic mass is 35.5. The largest absolute Gasteiger partial charge is 0.496 e. The quantitative estimate of drug-likeness (QED) is 0.739. The summed E-state index contributed by atoms with van der Waals surface area (Å²) in [6.07, 6.45) is 1.73. The van der Waals surface area contributed by atoms with Gasteiger partial charge in [-0.15, -0.1) is 11.6 Å². The van der Waals surface area contributed by atoms with Crippen molar-refractivity contribution in [3.8, 4) is 22.6 Å². The molecule has 2 aromatic carbocycles. The van der Waals surface area contributed by atoms with Crippen LogP contribution in [-0.4, -0.2) is 14.2 Å². The molecule has 0 N–H and O–H groups in total. The Morgan fingerprint density at radius 2 is 1.70 bits per heavy atom. The van der Waals surface area contributed by atoms with Gasteiger partial charge in [0, 0.05) is 5.88 Å². The minimum Gasteiger partial charge on any atom is -0.496 e. The third-order valence-electron chi connectivity index (χ3n) is 3.22. The second kappa shape index (κ2) is 6.49. The normalized spacial score (nSPS) is 10.2. The zero-order valence-corrected chi connectivity index (χ0v) is 12.4. The Hall–Kier alpha value is -1.93. The molecule has 0 spiro atoms. The molecule has 0 heterocycles. The lowest BCUT2D eigenvalue weighted by molar-refractivity contribution is 0.393. The van der Waals surface area contributed by atoms with E-state index in [0.29, 0.717) is 5.88 Å². The first-order valence-electron chi connectivity index (χ1n) is 6.27. The van der Waals surface area contributed by atoms with Gasteiger partial charge >= 0.3 is 0 Å². The summed E-state index contributed by atoms with van der Waals surface area (Å²) in [6.45, 7) is 3.80. The van der Waals surface area contributed by atoms with Crippen molar-refractivity contribution in [3.05, 3.63) is 54.1 Å². The van der Waals surface area contributed by atoms with Gasteiger partial charge in [-0.25, -0.2) is 0 Å². The topological polar surface area (TPSA) is 18.5 Å². The number of alkyl halides is 1. The minimum absolute atomic E-state index is 0.462. The summed E-state index contributed by atoms with van der Waals surface area (Å²) < 4.78 is 10.9. The molecule has 2 nitrogen and oxygen atoms in total. The van der Waals surface area contributed by atoms with Crippen LogP contribution < -0.4 is 9.47 Å². The zero-order valence-electron chi connectivity index (χ0n) is 11.7. The molecule has 0 fully saturated rings. The van der Waals surface area contributed by atoms with Gasteiger partial charge in [0.1, 0.15) is 11.5 Å². The summed E-state index contributed by atoms with van der Waals surface area (Å²) >= 11 is 6.01. The van der Waals surface area contributed by atoms with E-state index in [-0.39, 0.29) is 0 Å². The van der Waals surface area contributed by atoms with Crippen LogP contribution in [0.2, 0.25) is 0 Å². The van der Waals surface area contributed by atoms with Crippen LogP contribution in [-0.2, 0) is 5.88 Å². The molecule has 0 bridgehead atoms. The van der Waals surface area contributed by atoms with Gasteiger partial charge in [-0.1, -0.05) is 36.9 Å². The summed E-state index contributed by atoms with van der Waals surface area (Å²) in [6, 6.07) is 12.0. The smallest absolute Gasteiger partial charge is 0.130 e. The Kier molecular flexibility index (Phi) is 4.70. The predicted octanol–water partition coefficient (Wildman–Crippen LogP) is 4.75. The van der Waals surface area contributed by atoms with Crippen molar-refractivity contribution >= 4 is 17.7 Å². The maximum atomic E-state index is 6.01. The van der Waals surface area contributed by atoms with Gasteiger partial charge in [0.15, 0.2) is 0 Å². The Labute approximate surface area is 124 Å². The number of ether oxygens (including phenoxy) is 2. The lowest BCUT2D eigenvalue weighted by atomic mass is 9.98. The Balaban J connectivity index is 2.66. The molecular weight excluding hydrogens is 272 g/mol. The first-order chi connectivity index (χ1) is 9.74. The van der Waals surface area contributed by atoms with Crippen LogP contribution in [0.3, 0.4) is 0 Å². The molecular formula is C17H17ClO2. The molecule has 0 aliphatic rings. The fraction of sp³-hybridized carbons (Fsp3) is 0.176. The van der Waals surface area contributed by atoms with Gasteiger partial charge in [-0.05, 0) is 28.8 Å². The van der Waals surface area contributed by atoms with Crippen molar-refractivity contribution in [2.45, 2.75) is 5.88 Å². The van der Waals surface area contributed by atoms with Gasteiger partial charge in [0.2, 0.25) is 0 Å². The summed E-state index contributed by atoms with van der Waals surface area (Å²) in [5.74, 6) is 1.93. The van der Waals surface area contributed by atoms with Crippen LogP contribution in [0.4, 0.5) is 0 Å². The van der Waals surface area contributed by atoms with E-state index in [1.165, 1.54) is 0 Å². The predicted molar refractivity (Wildman–Crippen MR) is 84.6 cm³/mol. The maximum Gasteiger partial charge on any atom is 0.130 e. The zero-order chi connectivity index (χ0) is 14.5. The van der Waals surface area contributed by atoms with E-state index in [4.69, 9.17) is 21.1 Å². The standard InChI is InChI=1S/C17H17ClO2/c1-4-14-16(19-2)9-13(10-17(14)20-3)15-8-6-5-7-12(15)11-18/h4-10H,1,11H2,2-3H3. The molecule has 20 heavy (non-hydrogen) atoms. The molecule has 0 aliphatic heterocycles. The first-order valence-corrected chi connectivity index (χ1v) is 6.81. The molecule has 0 radical (unpaired) electrons. The van der Waals surface area contributed by atoms with E-state index in [2.05, 4.69) is 6.58 Å². The summed E-state index contributed by atoms with van der Waals surface area (Å²) in [7, 11) is 3.28. The third-order valence-corrected chi connectivity index (χ3v) is 3.51. The molecule has 0 saturated carbocycles. The highest BCUT2D eigenvalue weighted by Gasteiger charge is 2.12. The van der Waals surface area contributed by atoms with E-state index in [0.717, 1.165) is 33.8 Å². The minimum atomic E-state index is 0.462. The van der Waals surface area contributed by atoms with E-state index < -0.39 is 0 Å². The average molecular weight is 289 g/mol. The SMILES string of the molecule is C=Cc1c(OC)cc(-c2ccccc2CCl)cc1OC. The van der Waals surface area contributed by atoms with Crippen molar-refractivity contribution in [1.82, 2.24) is 0 Å². The monoisotopic (exact) mass is 288 g/mol. The summed E-state index contributed by atoms with van der Waals surface area (Å²) in [5.41, 5.74) is 4.02. The van der Waals surface area contributed by atoms with Crippen LogP contribution in [0.15, 0.2) is 43.0 Å². The molecule has 2 rings (SSSR count). The lowest BCUT2D eigenvalue weighted by Crippen LogP contribution is -1.95. The van der Waals surface area contributed by atoms with E-state index >= 15 is 0 Å². The highest BCUT2D eigenvalue weighted by molar-refractivity contribution is 6.17. The third kappa shape index (κ3) is 2.66. The molecule has 3 heteroatoms. The molecule has 0 atom stereocenters. The Bertz CT molecular complexity index is 595. The van der Waals surface area contributed by atoms with Crippen molar-refractivity contribution in [3.63, 3.8) is 0 Å². The van der Waals surface area contributed by atoms with Gasteiger partial charge in [0.25, 0.3) is 0 Å². The fourth-order valence-electron chi connectivity index (χ4n) is 2.21. The van der Waals surface area contributed by atoms with E-state index in [9.17, 15) is 0 Å². The highest BCUT2D eigenvalue weighted by Crippen LogP contribution is 2.37. The van der Waals surface area contributed by atoms with E-state index in [1.807, 2.05) is 36.4 Å². The molecule has 0 aliphatic carbocycles. The maximum absolute atomic E-state index is 6.01. The fourth-order valence-corrected chi connectivity index (χ4v) is 2.45. The molecule has 0 amide bonds.